The van der Waals surface area contributed by atoms with Gasteiger partial charge in [0.15, 0.2) is 0 Å². The maximum Gasteiger partial charge on any atom is 0.254 e. The van der Waals surface area contributed by atoms with E-state index in [0.717, 1.165) is 29.7 Å². The summed E-state index contributed by atoms with van der Waals surface area (Å²) in [5.74, 6) is -0.687. The molecule has 0 bridgehead atoms. The van der Waals surface area contributed by atoms with E-state index in [-0.39, 0.29) is 5.91 Å². The summed E-state index contributed by atoms with van der Waals surface area (Å²) < 4.78 is 5.33. The number of carbonyl (C=O) groups is 2. The zero-order valence-electron chi connectivity index (χ0n) is 11.1. The number of hydrogen-bond donors (Lipinski definition) is 2. The SMILES string of the molecule is CCc1c(C)sc(NC(=O)C2CCCO2)c1C(N)=O. The largest absolute Gasteiger partial charge is 0.368 e. The second kappa shape index (κ2) is 5.71. The number of carbonyl (C=O) groups excluding carboxylic acids is 2. The number of nitrogens with one attached hydrogen (secondary N) is 1. The van der Waals surface area contributed by atoms with E-state index in [1.807, 2.05) is 13.8 Å². The van der Waals surface area contributed by atoms with E-state index in [2.05, 4.69) is 5.32 Å². The van der Waals surface area contributed by atoms with Gasteiger partial charge >= 0.3 is 0 Å². The summed E-state index contributed by atoms with van der Waals surface area (Å²) in [4.78, 5) is 24.6. The molecule has 5 nitrogen and oxygen atoms in total. The minimum Gasteiger partial charge on any atom is -0.368 e. The normalized spacial score (nSPS) is 18.5. The number of aryl methyl sites for hydroxylation is 1. The van der Waals surface area contributed by atoms with Crippen LogP contribution in [0.4, 0.5) is 5.00 Å². The Bertz CT molecular complexity index is 504. The number of primary amides is 1. The molecule has 6 heteroatoms. The zero-order chi connectivity index (χ0) is 14.0. The summed E-state index contributed by atoms with van der Waals surface area (Å²) in [6, 6.07) is 0. The molecule has 0 radical (unpaired) electrons. The Morgan fingerprint density at radius 3 is 2.79 bits per heavy atom. The van der Waals surface area contributed by atoms with Crippen LogP contribution in [0.5, 0.6) is 0 Å². The highest BCUT2D eigenvalue weighted by Crippen LogP contribution is 2.33. The number of amides is 2. The second-order valence-corrected chi connectivity index (χ2v) is 5.77. The Morgan fingerprint density at radius 1 is 1.53 bits per heavy atom. The molecule has 0 spiro atoms. The first-order valence-corrected chi connectivity index (χ1v) is 7.20. The Morgan fingerprint density at radius 2 is 2.26 bits per heavy atom. The molecule has 2 rings (SSSR count). The van der Waals surface area contributed by atoms with Crippen molar-refractivity contribution in [3.63, 3.8) is 0 Å². The van der Waals surface area contributed by atoms with Crippen molar-refractivity contribution in [2.45, 2.75) is 39.2 Å². The summed E-state index contributed by atoms with van der Waals surface area (Å²) >= 11 is 1.39. The summed E-state index contributed by atoms with van der Waals surface area (Å²) in [7, 11) is 0. The average molecular weight is 282 g/mol. The van der Waals surface area contributed by atoms with Crippen molar-refractivity contribution in [3.05, 3.63) is 16.0 Å². The predicted molar refractivity (Wildman–Crippen MR) is 74.6 cm³/mol. The molecule has 2 amide bonds. The quantitative estimate of drug-likeness (QED) is 0.884. The van der Waals surface area contributed by atoms with Gasteiger partial charge < -0.3 is 15.8 Å². The molecule has 2 heterocycles. The van der Waals surface area contributed by atoms with Crippen LogP contribution in [0.3, 0.4) is 0 Å². The van der Waals surface area contributed by atoms with Crippen LogP contribution < -0.4 is 11.1 Å². The first-order valence-electron chi connectivity index (χ1n) is 6.39. The standard InChI is InChI=1S/C13H18N2O3S/c1-3-8-7(2)19-13(10(8)11(14)16)15-12(17)9-5-4-6-18-9/h9H,3-6H2,1-2H3,(H2,14,16)(H,15,17). The molecule has 1 aromatic heterocycles. The fourth-order valence-electron chi connectivity index (χ4n) is 2.33. The van der Waals surface area contributed by atoms with Crippen molar-refractivity contribution in [2.75, 3.05) is 11.9 Å². The molecule has 0 aliphatic carbocycles. The number of ether oxygens (including phenoxy) is 1. The molecule has 1 unspecified atom stereocenters. The fourth-order valence-corrected chi connectivity index (χ4v) is 3.48. The molecule has 1 aliphatic rings. The van der Waals surface area contributed by atoms with Gasteiger partial charge in [-0.3, -0.25) is 9.59 Å². The van der Waals surface area contributed by atoms with Crippen LogP contribution in [0.1, 0.15) is 40.6 Å². The topological polar surface area (TPSA) is 81.4 Å². The first kappa shape index (κ1) is 14.0. The Hall–Kier alpha value is -1.40. The van der Waals surface area contributed by atoms with Crippen LogP contribution in [0.15, 0.2) is 0 Å². The third-order valence-electron chi connectivity index (χ3n) is 3.27. The predicted octanol–water partition coefficient (Wildman–Crippen LogP) is 1.84. The minimum atomic E-state index is -0.496. The number of anilines is 1. The van der Waals surface area contributed by atoms with Crippen molar-refractivity contribution >= 4 is 28.2 Å². The van der Waals surface area contributed by atoms with Crippen molar-refractivity contribution in [1.29, 1.82) is 0 Å². The molecule has 1 atom stereocenters. The minimum absolute atomic E-state index is 0.191. The second-order valence-electron chi connectivity index (χ2n) is 4.55. The van der Waals surface area contributed by atoms with Crippen LogP contribution in [-0.2, 0) is 16.0 Å². The summed E-state index contributed by atoms with van der Waals surface area (Å²) in [6.45, 7) is 4.51. The number of thiophene rings is 1. The molecule has 19 heavy (non-hydrogen) atoms. The van der Waals surface area contributed by atoms with E-state index in [1.165, 1.54) is 11.3 Å². The molecule has 0 aromatic carbocycles. The van der Waals surface area contributed by atoms with Crippen molar-refractivity contribution in [3.8, 4) is 0 Å². The average Bonchev–Trinajstić information content (AvgIpc) is 2.96. The van der Waals surface area contributed by atoms with Crippen LogP contribution in [0, 0.1) is 6.92 Å². The van der Waals surface area contributed by atoms with Gasteiger partial charge in [0.1, 0.15) is 11.1 Å². The van der Waals surface area contributed by atoms with E-state index < -0.39 is 12.0 Å². The summed E-state index contributed by atoms with van der Waals surface area (Å²) in [6.07, 6.45) is 1.93. The lowest BCUT2D eigenvalue weighted by molar-refractivity contribution is -0.124. The lowest BCUT2D eigenvalue weighted by Gasteiger charge is -2.10. The van der Waals surface area contributed by atoms with Gasteiger partial charge in [-0.1, -0.05) is 6.92 Å². The van der Waals surface area contributed by atoms with Crippen molar-refractivity contribution in [2.24, 2.45) is 5.73 Å². The van der Waals surface area contributed by atoms with E-state index in [1.54, 1.807) is 0 Å². The molecule has 1 saturated heterocycles. The molecule has 3 N–H and O–H groups in total. The van der Waals surface area contributed by atoms with Crippen molar-refractivity contribution < 1.29 is 14.3 Å². The van der Waals surface area contributed by atoms with E-state index in [4.69, 9.17) is 10.5 Å². The number of hydrogen-bond acceptors (Lipinski definition) is 4. The van der Waals surface area contributed by atoms with Gasteiger partial charge in [0.25, 0.3) is 11.8 Å². The van der Waals surface area contributed by atoms with Gasteiger partial charge in [-0.15, -0.1) is 11.3 Å². The highest BCUT2D eigenvalue weighted by Gasteiger charge is 2.26. The Balaban J connectivity index is 2.24. The van der Waals surface area contributed by atoms with Gasteiger partial charge in [-0.25, -0.2) is 0 Å². The smallest absolute Gasteiger partial charge is 0.254 e. The third-order valence-corrected chi connectivity index (χ3v) is 4.33. The van der Waals surface area contributed by atoms with Gasteiger partial charge in [0.2, 0.25) is 0 Å². The van der Waals surface area contributed by atoms with Gasteiger partial charge in [0.05, 0.1) is 5.56 Å². The lowest BCUT2D eigenvalue weighted by Crippen LogP contribution is -2.27. The molecular formula is C13H18N2O3S. The first-order chi connectivity index (χ1) is 9.04. The van der Waals surface area contributed by atoms with E-state index in [0.29, 0.717) is 17.2 Å². The van der Waals surface area contributed by atoms with Gasteiger partial charge in [-0.2, -0.15) is 0 Å². The maximum absolute atomic E-state index is 12.0. The van der Waals surface area contributed by atoms with Crippen LogP contribution in [-0.4, -0.2) is 24.5 Å². The van der Waals surface area contributed by atoms with Crippen LogP contribution in [0.2, 0.25) is 0 Å². The van der Waals surface area contributed by atoms with Gasteiger partial charge in [-0.05, 0) is 31.7 Å². The highest BCUT2D eigenvalue weighted by atomic mass is 32.1. The van der Waals surface area contributed by atoms with Crippen LogP contribution >= 0.6 is 11.3 Å². The molecule has 0 saturated carbocycles. The van der Waals surface area contributed by atoms with Crippen molar-refractivity contribution in [1.82, 2.24) is 0 Å². The third kappa shape index (κ3) is 2.79. The summed E-state index contributed by atoms with van der Waals surface area (Å²) in [5, 5.41) is 3.33. The number of nitrogens with two attached hydrogens (primary N) is 1. The monoisotopic (exact) mass is 282 g/mol. The van der Waals surface area contributed by atoms with E-state index in [9.17, 15) is 9.59 Å². The summed E-state index contributed by atoms with van der Waals surface area (Å²) in [5.41, 5.74) is 6.78. The van der Waals surface area contributed by atoms with Gasteiger partial charge in [0, 0.05) is 11.5 Å². The van der Waals surface area contributed by atoms with Crippen LogP contribution in [0.25, 0.3) is 0 Å². The number of rotatable bonds is 4. The highest BCUT2D eigenvalue weighted by molar-refractivity contribution is 7.16. The fraction of sp³-hybridized carbons (Fsp3) is 0.538. The zero-order valence-corrected chi connectivity index (χ0v) is 11.9. The van der Waals surface area contributed by atoms with E-state index >= 15 is 0 Å². The molecular weight excluding hydrogens is 264 g/mol. The molecule has 104 valence electrons. The Labute approximate surface area is 116 Å². The molecule has 1 aliphatic heterocycles. The maximum atomic E-state index is 12.0. The lowest BCUT2D eigenvalue weighted by atomic mass is 10.1. The Kier molecular flexibility index (Phi) is 4.21. The molecule has 1 fully saturated rings. The molecule has 1 aromatic rings.